The van der Waals surface area contributed by atoms with Gasteiger partial charge in [0.25, 0.3) is 0 Å². The van der Waals surface area contributed by atoms with Crippen LogP contribution in [0.25, 0.3) is 0 Å². The molecule has 0 atom stereocenters. The quantitative estimate of drug-likeness (QED) is 0.731. The van der Waals surface area contributed by atoms with Crippen molar-refractivity contribution in [2.45, 2.75) is 20.8 Å². The first-order valence-corrected chi connectivity index (χ1v) is 5.15. The van der Waals surface area contributed by atoms with Gasteiger partial charge in [-0.2, -0.15) is 0 Å². The molecule has 0 aliphatic carbocycles. The van der Waals surface area contributed by atoms with E-state index in [2.05, 4.69) is 55.5 Å². The summed E-state index contributed by atoms with van der Waals surface area (Å²) in [6.07, 6.45) is 0. The summed E-state index contributed by atoms with van der Waals surface area (Å²) in [5.74, 6) is 0. The van der Waals surface area contributed by atoms with E-state index in [1.54, 1.807) is 0 Å². The number of nitrogens with one attached hydrogen (secondary N) is 1. The smallest absolute Gasteiger partial charge is 0.0520 e. The van der Waals surface area contributed by atoms with Crippen molar-refractivity contribution in [3.63, 3.8) is 0 Å². The molecular formula is C12H18N2. The minimum absolute atomic E-state index is 0.380. The number of hydrazine groups is 1. The molecule has 2 heteroatoms. The van der Waals surface area contributed by atoms with Gasteiger partial charge in [-0.15, -0.1) is 0 Å². The first-order valence-electron chi connectivity index (χ1n) is 5.15. The molecule has 0 radical (unpaired) electrons. The van der Waals surface area contributed by atoms with Crippen LogP contribution in [0.3, 0.4) is 0 Å². The Labute approximate surface area is 85.9 Å². The first kappa shape index (κ1) is 9.53. The monoisotopic (exact) mass is 190 g/mol. The van der Waals surface area contributed by atoms with Crippen LogP contribution in [0, 0.1) is 12.3 Å². The van der Waals surface area contributed by atoms with Crippen LogP contribution in [0.2, 0.25) is 0 Å². The summed E-state index contributed by atoms with van der Waals surface area (Å²) in [7, 11) is 0. The lowest BCUT2D eigenvalue weighted by molar-refractivity contribution is 0.443. The van der Waals surface area contributed by atoms with Crippen LogP contribution in [0.15, 0.2) is 24.3 Å². The number of hydrogen-bond donors (Lipinski definition) is 1. The molecule has 0 aromatic heterocycles. The average Bonchev–Trinajstić information content (AvgIpc) is 2.47. The Morgan fingerprint density at radius 1 is 1.21 bits per heavy atom. The van der Waals surface area contributed by atoms with Crippen molar-refractivity contribution >= 4 is 5.69 Å². The Balaban J connectivity index is 2.14. The van der Waals surface area contributed by atoms with Crippen molar-refractivity contribution in [2.75, 3.05) is 18.1 Å². The second-order valence-corrected chi connectivity index (χ2v) is 4.92. The minimum Gasteiger partial charge on any atom is -0.308 e. The van der Waals surface area contributed by atoms with Crippen molar-refractivity contribution in [1.29, 1.82) is 0 Å². The molecule has 2 rings (SSSR count). The van der Waals surface area contributed by atoms with Gasteiger partial charge in [-0.1, -0.05) is 31.5 Å². The van der Waals surface area contributed by atoms with E-state index in [1.165, 1.54) is 11.3 Å². The Hall–Kier alpha value is -1.02. The van der Waals surface area contributed by atoms with Gasteiger partial charge in [-0.05, 0) is 24.5 Å². The molecule has 1 fully saturated rings. The molecule has 76 valence electrons. The largest absolute Gasteiger partial charge is 0.308 e. The van der Waals surface area contributed by atoms with Crippen LogP contribution >= 0.6 is 0 Å². The molecule has 14 heavy (non-hydrogen) atoms. The molecule has 1 aromatic carbocycles. The Morgan fingerprint density at radius 3 is 2.36 bits per heavy atom. The fourth-order valence-electron chi connectivity index (χ4n) is 1.76. The summed E-state index contributed by atoms with van der Waals surface area (Å²) < 4.78 is 0. The number of nitrogens with zero attached hydrogens (tertiary/aromatic N) is 1. The van der Waals surface area contributed by atoms with E-state index < -0.39 is 0 Å². The zero-order valence-electron chi connectivity index (χ0n) is 9.17. The minimum atomic E-state index is 0.380. The molecule has 1 heterocycles. The molecule has 0 bridgehead atoms. The molecule has 1 N–H and O–H groups in total. The van der Waals surface area contributed by atoms with E-state index in [-0.39, 0.29) is 0 Å². The highest BCUT2D eigenvalue weighted by molar-refractivity contribution is 5.47. The van der Waals surface area contributed by atoms with Crippen molar-refractivity contribution in [2.24, 2.45) is 5.41 Å². The summed E-state index contributed by atoms with van der Waals surface area (Å²) in [5.41, 5.74) is 6.37. The number of anilines is 1. The highest BCUT2D eigenvalue weighted by Crippen LogP contribution is 2.25. The second kappa shape index (κ2) is 3.28. The Kier molecular flexibility index (Phi) is 2.23. The third kappa shape index (κ3) is 1.90. The summed E-state index contributed by atoms with van der Waals surface area (Å²) in [5, 5.41) is 2.24. The molecule has 1 aromatic rings. The molecule has 0 spiro atoms. The Morgan fingerprint density at radius 2 is 1.86 bits per heavy atom. The molecule has 1 aliphatic rings. The molecular weight excluding hydrogens is 172 g/mol. The number of hydrogen-bond acceptors (Lipinski definition) is 2. The lowest BCUT2D eigenvalue weighted by Crippen LogP contribution is -2.30. The maximum atomic E-state index is 3.42. The summed E-state index contributed by atoms with van der Waals surface area (Å²) >= 11 is 0. The van der Waals surface area contributed by atoms with Gasteiger partial charge in [0, 0.05) is 13.1 Å². The van der Waals surface area contributed by atoms with E-state index in [0.29, 0.717) is 5.41 Å². The third-order valence-electron chi connectivity index (χ3n) is 2.68. The number of rotatable bonds is 1. The van der Waals surface area contributed by atoms with E-state index in [4.69, 9.17) is 0 Å². The molecule has 0 amide bonds. The van der Waals surface area contributed by atoms with Crippen LogP contribution in [0.5, 0.6) is 0 Å². The standard InChI is InChI=1S/C12H18N2/c1-10-4-6-11(7-5-10)14-9-12(2,3)8-13-14/h4-7,13H,8-9H2,1-3H3. The second-order valence-electron chi connectivity index (χ2n) is 4.92. The van der Waals surface area contributed by atoms with E-state index >= 15 is 0 Å². The predicted molar refractivity (Wildman–Crippen MR) is 60.3 cm³/mol. The van der Waals surface area contributed by atoms with Gasteiger partial charge in [0.15, 0.2) is 0 Å². The highest BCUT2D eigenvalue weighted by Gasteiger charge is 2.28. The van der Waals surface area contributed by atoms with Crippen LogP contribution in [0.1, 0.15) is 19.4 Å². The van der Waals surface area contributed by atoms with Gasteiger partial charge in [0.1, 0.15) is 0 Å². The highest BCUT2D eigenvalue weighted by atomic mass is 15.5. The van der Waals surface area contributed by atoms with Gasteiger partial charge in [0.2, 0.25) is 0 Å². The van der Waals surface area contributed by atoms with Crippen molar-refractivity contribution in [1.82, 2.24) is 5.43 Å². The zero-order chi connectivity index (χ0) is 10.2. The molecule has 0 saturated carbocycles. The van der Waals surface area contributed by atoms with E-state index in [9.17, 15) is 0 Å². The summed E-state index contributed by atoms with van der Waals surface area (Å²) in [6, 6.07) is 8.65. The predicted octanol–water partition coefficient (Wildman–Crippen LogP) is 2.35. The fourth-order valence-corrected chi connectivity index (χ4v) is 1.76. The van der Waals surface area contributed by atoms with Gasteiger partial charge in [-0.3, -0.25) is 0 Å². The van der Waals surface area contributed by atoms with Crippen molar-refractivity contribution < 1.29 is 0 Å². The van der Waals surface area contributed by atoms with E-state index in [0.717, 1.165) is 13.1 Å². The normalized spacial score (nSPS) is 20.1. The fraction of sp³-hybridized carbons (Fsp3) is 0.500. The Bertz CT molecular complexity index is 314. The van der Waals surface area contributed by atoms with Gasteiger partial charge in [0.05, 0.1) is 5.69 Å². The zero-order valence-corrected chi connectivity index (χ0v) is 9.17. The molecule has 1 aliphatic heterocycles. The number of aryl methyl sites for hydroxylation is 1. The maximum Gasteiger partial charge on any atom is 0.0520 e. The number of benzene rings is 1. The van der Waals surface area contributed by atoms with Crippen molar-refractivity contribution in [3.8, 4) is 0 Å². The maximum absolute atomic E-state index is 3.42. The summed E-state index contributed by atoms with van der Waals surface area (Å²) in [4.78, 5) is 0. The van der Waals surface area contributed by atoms with Gasteiger partial charge >= 0.3 is 0 Å². The SMILES string of the molecule is Cc1ccc(N2CC(C)(C)CN2)cc1. The average molecular weight is 190 g/mol. The molecule has 1 saturated heterocycles. The first-order chi connectivity index (χ1) is 6.57. The van der Waals surface area contributed by atoms with Gasteiger partial charge < -0.3 is 5.01 Å². The topological polar surface area (TPSA) is 15.3 Å². The van der Waals surface area contributed by atoms with Crippen LogP contribution < -0.4 is 10.4 Å². The van der Waals surface area contributed by atoms with Crippen LogP contribution in [0.4, 0.5) is 5.69 Å². The lowest BCUT2D eigenvalue weighted by Gasteiger charge is -2.20. The summed E-state index contributed by atoms with van der Waals surface area (Å²) in [6.45, 7) is 8.82. The molecule has 2 nitrogen and oxygen atoms in total. The third-order valence-corrected chi connectivity index (χ3v) is 2.68. The van der Waals surface area contributed by atoms with E-state index in [1.807, 2.05) is 0 Å². The van der Waals surface area contributed by atoms with Crippen LogP contribution in [-0.2, 0) is 0 Å². The molecule has 0 unspecified atom stereocenters. The van der Waals surface area contributed by atoms with Crippen LogP contribution in [-0.4, -0.2) is 13.1 Å². The van der Waals surface area contributed by atoms with Crippen molar-refractivity contribution in [3.05, 3.63) is 29.8 Å². The van der Waals surface area contributed by atoms with Gasteiger partial charge in [-0.25, -0.2) is 5.43 Å². The lowest BCUT2D eigenvalue weighted by atomic mass is 9.95.